The minimum atomic E-state index is -0.583. The Bertz CT molecular complexity index is 590. The van der Waals surface area contributed by atoms with Crippen molar-refractivity contribution < 1.29 is 14.3 Å². The Morgan fingerprint density at radius 3 is 2.61 bits per heavy atom. The fourth-order valence-corrected chi connectivity index (χ4v) is 1.79. The third-order valence-electron chi connectivity index (χ3n) is 2.39. The summed E-state index contributed by atoms with van der Waals surface area (Å²) in [5, 5.41) is 4.03. The summed E-state index contributed by atoms with van der Waals surface area (Å²) >= 11 is 3.32. The molecule has 0 fully saturated rings. The predicted molar refractivity (Wildman–Crippen MR) is 68.0 cm³/mol. The topological polar surface area (TPSA) is 61.2 Å². The Kier molecular flexibility index (Phi) is 3.57. The molecular weight excluding hydrogens is 300 g/mol. The van der Waals surface area contributed by atoms with Gasteiger partial charge < -0.3 is 4.74 Å². The molecule has 2 aromatic rings. The number of ether oxygens (including phenoxy) is 1. The Morgan fingerprint density at radius 2 is 2.06 bits per heavy atom. The monoisotopic (exact) mass is 308 g/mol. The van der Waals surface area contributed by atoms with Gasteiger partial charge >= 0.3 is 5.97 Å². The molecule has 0 saturated carbocycles. The highest BCUT2D eigenvalue weighted by atomic mass is 79.9. The number of esters is 1. The zero-order chi connectivity index (χ0) is 13.1. The van der Waals surface area contributed by atoms with Crippen LogP contribution in [0.15, 0.2) is 34.9 Å². The lowest BCUT2D eigenvalue weighted by atomic mass is 10.2. The normalized spacial score (nSPS) is 10.1. The number of hydrogen-bond acceptors (Lipinski definition) is 4. The number of halogens is 1. The molecule has 2 rings (SSSR count). The summed E-state index contributed by atoms with van der Waals surface area (Å²) in [4.78, 5) is 22.5. The summed E-state index contributed by atoms with van der Waals surface area (Å²) in [5.74, 6) is -0.583. The number of nitrogens with zero attached hydrogens (tertiary/aromatic N) is 2. The van der Waals surface area contributed by atoms with Gasteiger partial charge in [-0.1, -0.05) is 15.9 Å². The van der Waals surface area contributed by atoms with Gasteiger partial charge in [0.05, 0.1) is 19.0 Å². The first-order valence-corrected chi connectivity index (χ1v) is 5.84. The maximum Gasteiger partial charge on any atom is 0.341 e. The summed E-state index contributed by atoms with van der Waals surface area (Å²) in [6, 6.07) is 7.21. The van der Waals surface area contributed by atoms with E-state index in [-0.39, 0.29) is 11.3 Å². The van der Waals surface area contributed by atoms with Gasteiger partial charge in [-0.2, -0.15) is 5.10 Å². The van der Waals surface area contributed by atoms with Crippen molar-refractivity contribution in [2.24, 2.45) is 0 Å². The first-order chi connectivity index (χ1) is 8.67. The van der Waals surface area contributed by atoms with Crippen LogP contribution in [-0.2, 0) is 4.74 Å². The van der Waals surface area contributed by atoms with Crippen LogP contribution in [0.2, 0.25) is 0 Å². The molecule has 0 unspecified atom stereocenters. The molecule has 1 aromatic heterocycles. The van der Waals surface area contributed by atoms with Crippen LogP contribution < -0.4 is 0 Å². The molecule has 18 heavy (non-hydrogen) atoms. The van der Waals surface area contributed by atoms with Crippen LogP contribution in [0.5, 0.6) is 0 Å². The maximum absolute atomic E-state index is 11.4. The predicted octanol–water partition coefficient (Wildman–Crippen LogP) is 2.23. The second kappa shape index (κ2) is 5.14. The molecular formula is C12H9BrN2O3. The minimum absolute atomic E-state index is 0.149. The van der Waals surface area contributed by atoms with E-state index in [1.54, 1.807) is 12.1 Å². The molecule has 0 aliphatic heterocycles. The Labute approximate surface area is 111 Å². The average Bonchev–Trinajstić information content (AvgIpc) is 2.82. The number of aldehydes is 1. The quantitative estimate of drug-likeness (QED) is 0.644. The van der Waals surface area contributed by atoms with Crippen molar-refractivity contribution in [2.45, 2.75) is 0 Å². The van der Waals surface area contributed by atoms with Crippen molar-refractivity contribution in [1.29, 1.82) is 0 Å². The zero-order valence-electron chi connectivity index (χ0n) is 9.46. The molecule has 0 saturated heterocycles. The molecule has 0 amide bonds. The van der Waals surface area contributed by atoms with Crippen LogP contribution in [0, 0.1) is 0 Å². The molecule has 0 radical (unpaired) electrons. The highest BCUT2D eigenvalue weighted by molar-refractivity contribution is 9.10. The van der Waals surface area contributed by atoms with Crippen LogP contribution in [-0.4, -0.2) is 29.1 Å². The van der Waals surface area contributed by atoms with Crippen LogP contribution in [0.1, 0.15) is 20.8 Å². The van der Waals surface area contributed by atoms with Gasteiger partial charge in [-0.25, -0.2) is 9.48 Å². The second-order valence-electron chi connectivity index (χ2n) is 3.44. The number of rotatable bonds is 3. The summed E-state index contributed by atoms with van der Waals surface area (Å²) in [7, 11) is 1.26. The lowest BCUT2D eigenvalue weighted by molar-refractivity contribution is 0.0598. The van der Waals surface area contributed by atoms with E-state index in [4.69, 9.17) is 0 Å². The molecule has 5 nitrogen and oxygen atoms in total. The number of benzene rings is 1. The van der Waals surface area contributed by atoms with E-state index in [1.165, 1.54) is 18.0 Å². The first-order valence-electron chi connectivity index (χ1n) is 5.05. The van der Waals surface area contributed by atoms with Crippen molar-refractivity contribution in [1.82, 2.24) is 9.78 Å². The highest BCUT2D eigenvalue weighted by Gasteiger charge is 2.18. The van der Waals surface area contributed by atoms with Crippen LogP contribution in [0.25, 0.3) is 5.69 Å². The van der Waals surface area contributed by atoms with E-state index in [9.17, 15) is 9.59 Å². The summed E-state index contributed by atoms with van der Waals surface area (Å²) in [5.41, 5.74) is 1.01. The van der Waals surface area contributed by atoms with Crippen molar-refractivity contribution in [2.75, 3.05) is 7.11 Å². The van der Waals surface area contributed by atoms with Gasteiger partial charge in [0, 0.05) is 4.47 Å². The highest BCUT2D eigenvalue weighted by Crippen LogP contribution is 2.17. The molecule has 0 atom stereocenters. The molecule has 92 valence electrons. The number of carbonyl (C=O) groups excluding carboxylic acids is 2. The molecule has 0 N–H and O–H groups in total. The van der Waals surface area contributed by atoms with Gasteiger partial charge in [-0.15, -0.1) is 0 Å². The lowest BCUT2D eigenvalue weighted by Crippen LogP contribution is -2.07. The molecule has 0 aliphatic carbocycles. The van der Waals surface area contributed by atoms with Crippen molar-refractivity contribution in [3.63, 3.8) is 0 Å². The van der Waals surface area contributed by atoms with E-state index in [0.29, 0.717) is 12.0 Å². The smallest absolute Gasteiger partial charge is 0.341 e. The van der Waals surface area contributed by atoms with Gasteiger partial charge in [0.25, 0.3) is 0 Å². The fraction of sp³-hybridized carbons (Fsp3) is 0.0833. The molecule has 1 aromatic carbocycles. The third kappa shape index (κ3) is 2.19. The summed E-state index contributed by atoms with van der Waals surface area (Å²) < 4.78 is 6.90. The minimum Gasteiger partial charge on any atom is -0.465 e. The van der Waals surface area contributed by atoms with E-state index in [1.807, 2.05) is 12.1 Å². The summed E-state index contributed by atoms with van der Waals surface area (Å²) in [6.07, 6.45) is 1.90. The van der Waals surface area contributed by atoms with Crippen LogP contribution in [0.3, 0.4) is 0 Å². The van der Waals surface area contributed by atoms with E-state index in [0.717, 1.165) is 4.47 Å². The number of aromatic nitrogens is 2. The lowest BCUT2D eigenvalue weighted by Gasteiger charge is -2.04. The molecule has 0 aliphatic rings. The molecule has 0 spiro atoms. The Morgan fingerprint density at radius 1 is 1.39 bits per heavy atom. The maximum atomic E-state index is 11.4. The van der Waals surface area contributed by atoms with Crippen molar-refractivity contribution in [3.05, 3.63) is 46.2 Å². The van der Waals surface area contributed by atoms with Crippen molar-refractivity contribution in [3.8, 4) is 5.69 Å². The number of methoxy groups -OCH3 is 1. The first kappa shape index (κ1) is 12.5. The molecule has 1 heterocycles. The number of hydrogen-bond donors (Lipinski definition) is 0. The molecule has 6 heteroatoms. The molecule has 0 bridgehead atoms. The van der Waals surface area contributed by atoms with E-state index >= 15 is 0 Å². The van der Waals surface area contributed by atoms with Gasteiger partial charge in [0.1, 0.15) is 11.3 Å². The fourth-order valence-electron chi connectivity index (χ4n) is 1.53. The zero-order valence-corrected chi connectivity index (χ0v) is 11.0. The van der Waals surface area contributed by atoms with E-state index in [2.05, 4.69) is 25.8 Å². The third-order valence-corrected chi connectivity index (χ3v) is 2.92. The van der Waals surface area contributed by atoms with Crippen LogP contribution in [0.4, 0.5) is 0 Å². The number of carbonyl (C=O) groups is 2. The van der Waals surface area contributed by atoms with Gasteiger partial charge in [0.15, 0.2) is 6.29 Å². The van der Waals surface area contributed by atoms with Gasteiger partial charge in [-0.05, 0) is 24.3 Å². The average molecular weight is 309 g/mol. The standard InChI is InChI=1S/C12H9BrN2O3/c1-18-12(17)10-6-14-15(11(10)7-16)9-4-2-8(13)3-5-9/h2-7H,1H3. The van der Waals surface area contributed by atoms with Crippen LogP contribution >= 0.6 is 15.9 Å². The summed E-state index contributed by atoms with van der Waals surface area (Å²) in [6.45, 7) is 0. The van der Waals surface area contributed by atoms with Gasteiger partial charge in [0.2, 0.25) is 0 Å². The Balaban J connectivity index is 2.52. The van der Waals surface area contributed by atoms with Crippen molar-refractivity contribution >= 4 is 28.2 Å². The largest absolute Gasteiger partial charge is 0.465 e. The van der Waals surface area contributed by atoms with Gasteiger partial charge in [-0.3, -0.25) is 4.79 Å². The second-order valence-corrected chi connectivity index (χ2v) is 4.36. The Hall–Kier alpha value is -1.95. The SMILES string of the molecule is COC(=O)c1cnn(-c2ccc(Br)cc2)c1C=O. The van der Waals surface area contributed by atoms with E-state index < -0.39 is 5.97 Å².